The van der Waals surface area contributed by atoms with Crippen molar-refractivity contribution in [1.29, 1.82) is 0 Å². The molecule has 4 heteroatoms. The maximum atomic E-state index is 12.7. The van der Waals surface area contributed by atoms with E-state index in [1.807, 2.05) is 0 Å². The fraction of sp³-hybridized carbons (Fsp3) is 0.154. The molecule has 17 heavy (non-hydrogen) atoms. The smallest absolute Gasteiger partial charge is 0.225 e. The predicted molar refractivity (Wildman–Crippen MR) is 61.3 cm³/mol. The van der Waals surface area contributed by atoms with Gasteiger partial charge >= 0.3 is 0 Å². The third kappa shape index (κ3) is 2.79. The standard InChI is InChI=1S/C13H12FNO2/c1-9(16)12-3-2-8-15-13(12)17-11-6-4-10(14)5-7-11/h2-9,16H,1H3. The molecule has 1 heterocycles. The van der Waals surface area contributed by atoms with E-state index in [1.165, 1.54) is 24.3 Å². The lowest BCUT2D eigenvalue weighted by atomic mass is 10.2. The summed E-state index contributed by atoms with van der Waals surface area (Å²) in [4.78, 5) is 4.04. The summed E-state index contributed by atoms with van der Waals surface area (Å²) in [6, 6.07) is 9.09. The van der Waals surface area contributed by atoms with Crippen LogP contribution in [0, 0.1) is 5.82 Å². The number of halogens is 1. The van der Waals surface area contributed by atoms with E-state index in [4.69, 9.17) is 4.74 Å². The van der Waals surface area contributed by atoms with Crippen molar-refractivity contribution in [2.24, 2.45) is 0 Å². The molecular weight excluding hydrogens is 221 g/mol. The molecule has 1 unspecified atom stereocenters. The minimum absolute atomic E-state index is 0.325. The third-order valence-electron chi connectivity index (χ3n) is 2.28. The average molecular weight is 233 g/mol. The van der Waals surface area contributed by atoms with E-state index in [-0.39, 0.29) is 5.82 Å². The molecule has 88 valence electrons. The average Bonchev–Trinajstić information content (AvgIpc) is 2.32. The zero-order valence-corrected chi connectivity index (χ0v) is 9.30. The van der Waals surface area contributed by atoms with Crippen molar-refractivity contribution in [3.63, 3.8) is 0 Å². The van der Waals surface area contributed by atoms with Gasteiger partial charge in [-0.1, -0.05) is 0 Å². The van der Waals surface area contributed by atoms with Gasteiger partial charge in [0.1, 0.15) is 11.6 Å². The van der Waals surface area contributed by atoms with Crippen molar-refractivity contribution in [3.05, 3.63) is 54.0 Å². The van der Waals surface area contributed by atoms with Crippen LogP contribution in [0.3, 0.4) is 0 Å². The molecule has 1 aromatic heterocycles. The highest BCUT2D eigenvalue weighted by Gasteiger charge is 2.10. The zero-order chi connectivity index (χ0) is 12.3. The lowest BCUT2D eigenvalue weighted by Gasteiger charge is -2.11. The lowest BCUT2D eigenvalue weighted by molar-refractivity contribution is 0.194. The van der Waals surface area contributed by atoms with Gasteiger partial charge in [0.15, 0.2) is 0 Å². The Morgan fingerprint density at radius 3 is 2.59 bits per heavy atom. The summed E-state index contributed by atoms with van der Waals surface area (Å²) in [7, 11) is 0. The van der Waals surface area contributed by atoms with Gasteiger partial charge in [0.25, 0.3) is 0 Å². The SMILES string of the molecule is CC(O)c1cccnc1Oc1ccc(F)cc1. The molecule has 0 fully saturated rings. The Kier molecular flexibility index (Phi) is 3.35. The fourth-order valence-corrected chi connectivity index (χ4v) is 1.42. The van der Waals surface area contributed by atoms with Gasteiger partial charge < -0.3 is 9.84 Å². The van der Waals surface area contributed by atoms with Crippen LogP contribution in [-0.2, 0) is 0 Å². The van der Waals surface area contributed by atoms with E-state index < -0.39 is 6.10 Å². The molecule has 2 rings (SSSR count). The molecule has 0 aliphatic rings. The number of hydrogen-bond donors (Lipinski definition) is 1. The molecule has 0 aliphatic carbocycles. The number of benzene rings is 1. The highest BCUT2D eigenvalue weighted by atomic mass is 19.1. The van der Waals surface area contributed by atoms with Crippen molar-refractivity contribution >= 4 is 0 Å². The number of pyridine rings is 1. The van der Waals surface area contributed by atoms with Crippen LogP contribution in [-0.4, -0.2) is 10.1 Å². The van der Waals surface area contributed by atoms with Gasteiger partial charge in [-0.3, -0.25) is 0 Å². The number of aliphatic hydroxyl groups excluding tert-OH is 1. The van der Waals surface area contributed by atoms with Crippen molar-refractivity contribution in [3.8, 4) is 11.6 Å². The minimum Gasteiger partial charge on any atom is -0.439 e. The van der Waals surface area contributed by atoms with Crippen LogP contribution in [0.4, 0.5) is 4.39 Å². The number of nitrogens with zero attached hydrogens (tertiary/aromatic N) is 1. The van der Waals surface area contributed by atoms with Gasteiger partial charge in [0, 0.05) is 11.8 Å². The molecule has 0 bridgehead atoms. The van der Waals surface area contributed by atoms with Gasteiger partial charge in [0.05, 0.1) is 6.10 Å². The van der Waals surface area contributed by atoms with Gasteiger partial charge in [-0.05, 0) is 43.3 Å². The number of hydrogen-bond acceptors (Lipinski definition) is 3. The Labute approximate surface area is 98.5 Å². The number of rotatable bonds is 3. The first-order valence-electron chi connectivity index (χ1n) is 5.23. The maximum absolute atomic E-state index is 12.7. The minimum atomic E-state index is -0.667. The Bertz CT molecular complexity index is 497. The van der Waals surface area contributed by atoms with Crippen LogP contribution in [0.2, 0.25) is 0 Å². The Morgan fingerprint density at radius 2 is 1.94 bits per heavy atom. The number of aliphatic hydroxyl groups is 1. The number of aromatic nitrogens is 1. The molecule has 0 saturated heterocycles. The normalized spacial score (nSPS) is 12.2. The second-order valence-corrected chi connectivity index (χ2v) is 3.63. The molecule has 2 aromatic rings. The molecule has 0 spiro atoms. The number of ether oxygens (including phenoxy) is 1. The van der Waals surface area contributed by atoms with E-state index in [9.17, 15) is 9.50 Å². The van der Waals surface area contributed by atoms with Crippen LogP contribution in [0.1, 0.15) is 18.6 Å². The molecule has 0 saturated carbocycles. The summed E-state index contributed by atoms with van der Waals surface area (Å²) in [5, 5.41) is 9.55. The Morgan fingerprint density at radius 1 is 1.24 bits per heavy atom. The van der Waals surface area contributed by atoms with E-state index in [0.717, 1.165) is 0 Å². The van der Waals surface area contributed by atoms with E-state index in [1.54, 1.807) is 25.3 Å². The van der Waals surface area contributed by atoms with Gasteiger partial charge in [-0.2, -0.15) is 0 Å². The second kappa shape index (κ2) is 4.93. The van der Waals surface area contributed by atoms with Crippen LogP contribution in [0.5, 0.6) is 11.6 Å². The third-order valence-corrected chi connectivity index (χ3v) is 2.28. The highest BCUT2D eigenvalue weighted by molar-refractivity contribution is 5.33. The van der Waals surface area contributed by atoms with Crippen molar-refractivity contribution in [2.75, 3.05) is 0 Å². The molecule has 3 nitrogen and oxygen atoms in total. The van der Waals surface area contributed by atoms with Gasteiger partial charge in [0.2, 0.25) is 5.88 Å². The topological polar surface area (TPSA) is 42.4 Å². The summed E-state index contributed by atoms with van der Waals surface area (Å²) in [6.45, 7) is 1.63. The molecule has 0 aliphatic heterocycles. The van der Waals surface area contributed by atoms with Crippen molar-refractivity contribution in [2.45, 2.75) is 13.0 Å². The first-order valence-corrected chi connectivity index (χ1v) is 5.23. The van der Waals surface area contributed by atoms with Crippen molar-refractivity contribution < 1.29 is 14.2 Å². The molecule has 1 N–H and O–H groups in total. The summed E-state index contributed by atoms with van der Waals surface area (Å²) in [6.07, 6.45) is 0.907. The molecule has 1 aromatic carbocycles. The predicted octanol–water partition coefficient (Wildman–Crippen LogP) is 3.07. The van der Waals surface area contributed by atoms with Crippen LogP contribution in [0.15, 0.2) is 42.6 Å². The van der Waals surface area contributed by atoms with Gasteiger partial charge in [-0.15, -0.1) is 0 Å². The van der Waals surface area contributed by atoms with Gasteiger partial charge in [-0.25, -0.2) is 9.37 Å². The van der Waals surface area contributed by atoms with Crippen LogP contribution in [0.25, 0.3) is 0 Å². The van der Waals surface area contributed by atoms with E-state index in [0.29, 0.717) is 17.2 Å². The quantitative estimate of drug-likeness (QED) is 0.885. The molecule has 1 atom stereocenters. The maximum Gasteiger partial charge on any atom is 0.225 e. The molecule has 0 amide bonds. The monoisotopic (exact) mass is 233 g/mol. The van der Waals surface area contributed by atoms with Crippen LogP contribution < -0.4 is 4.74 Å². The van der Waals surface area contributed by atoms with Crippen molar-refractivity contribution in [1.82, 2.24) is 4.98 Å². The Hall–Kier alpha value is -1.94. The zero-order valence-electron chi connectivity index (χ0n) is 9.30. The van der Waals surface area contributed by atoms with E-state index in [2.05, 4.69) is 4.98 Å². The summed E-state index contributed by atoms with van der Waals surface area (Å²) >= 11 is 0. The second-order valence-electron chi connectivity index (χ2n) is 3.63. The first-order chi connectivity index (χ1) is 8.16. The summed E-state index contributed by atoms with van der Waals surface area (Å²) in [5.41, 5.74) is 0.594. The van der Waals surface area contributed by atoms with E-state index >= 15 is 0 Å². The molecular formula is C13H12FNO2. The highest BCUT2D eigenvalue weighted by Crippen LogP contribution is 2.26. The molecule has 0 radical (unpaired) electrons. The summed E-state index contributed by atoms with van der Waals surface area (Å²) in [5.74, 6) is 0.482. The fourth-order valence-electron chi connectivity index (χ4n) is 1.42. The van der Waals surface area contributed by atoms with Crippen LogP contribution >= 0.6 is 0 Å². The lowest BCUT2D eigenvalue weighted by Crippen LogP contribution is -1.98. The first kappa shape index (κ1) is 11.5. The Balaban J connectivity index is 2.26. The largest absolute Gasteiger partial charge is 0.439 e. The summed E-state index contributed by atoms with van der Waals surface area (Å²) < 4.78 is 18.2.